The van der Waals surface area contributed by atoms with Crippen LogP contribution in [0.5, 0.6) is 0 Å². The predicted octanol–water partition coefficient (Wildman–Crippen LogP) is 4.59. The molecule has 1 aliphatic heterocycles. The molecule has 2 aliphatic rings. The van der Waals surface area contributed by atoms with E-state index in [1.165, 1.54) is 48.9 Å². The Balaban J connectivity index is 1.30. The molecule has 0 bridgehead atoms. The van der Waals surface area contributed by atoms with Crippen LogP contribution in [0, 0.1) is 26.7 Å². The van der Waals surface area contributed by atoms with Crippen LogP contribution in [0.2, 0.25) is 0 Å². The first kappa shape index (κ1) is 22.4. The van der Waals surface area contributed by atoms with Crippen LogP contribution in [0.25, 0.3) is 11.2 Å². The van der Waals surface area contributed by atoms with Gasteiger partial charge in [0.2, 0.25) is 0 Å². The number of nitrogen functional groups attached to an aromatic ring is 1. The second-order valence-electron chi connectivity index (χ2n) is 10.1. The smallest absolute Gasteiger partial charge is 0.160 e. The molecule has 3 heterocycles. The number of aromatic nitrogens is 3. The van der Waals surface area contributed by atoms with E-state index in [0.717, 1.165) is 67.1 Å². The van der Waals surface area contributed by atoms with E-state index in [1.54, 1.807) is 0 Å². The summed E-state index contributed by atoms with van der Waals surface area (Å²) in [4.78, 5) is 12.2. The second kappa shape index (κ2) is 9.43. The maximum atomic E-state index is 6.48. The van der Waals surface area contributed by atoms with Crippen LogP contribution in [0.3, 0.4) is 0 Å². The molecule has 2 fully saturated rings. The van der Waals surface area contributed by atoms with Gasteiger partial charge in [0.05, 0.1) is 19.8 Å². The molecule has 0 spiro atoms. The van der Waals surface area contributed by atoms with E-state index in [9.17, 15) is 0 Å². The third kappa shape index (κ3) is 4.78. The number of hydrogen-bond donors (Lipinski definition) is 1. The largest absolute Gasteiger partial charge is 0.398 e. The van der Waals surface area contributed by atoms with Crippen molar-refractivity contribution in [3.05, 3.63) is 52.5 Å². The zero-order chi connectivity index (χ0) is 22.9. The molecule has 33 heavy (non-hydrogen) atoms. The Morgan fingerprint density at radius 1 is 1.00 bits per heavy atom. The van der Waals surface area contributed by atoms with Gasteiger partial charge in [-0.25, -0.2) is 9.97 Å². The van der Waals surface area contributed by atoms with Gasteiger partial charge in [-0.1, -0.05) is 12.1 Å². The molecule has 0 atom stereocenters. The van der Waals surface area contributed by atoms with Gasteiger partial charge in [0.25, 0.3) is 0 Å². The van der Waals surface area contributed by atoms with Gasteiger partial charge in [-0.3, -0.25) is 4.90 Å². The first-order valence-electron chi connectivity index (χ1n) is 12.5. The van der Waals surface area contributed by atoms with Crippen molar-refractivity contribution in [3.63, 3.8) is 0 Å². The molecule has 176 valence electrons. The van der Waals surface area contributed by atoms with Crippen molar-refractivity contribution < 1.29 is 4.74 Å². The van der Waals surface area contributed by atoms with Crippen molar-refractivity contribution in [2.24, 2.45) is 5.92 Å². The number of pyridine rings is 1. The average molecular weight is 448 g/mol. The lowest BCUT2D eigenvalue weighted by molar-refractivity contribution is 0.0273. The Morgan fingerprint density at radius 3 is 2.52 bits per heavy atom. The monoisotopic (exact) mass is 447 g/mol. The van der Waals surface area contributed by atoms with Gasteiger partial charge >= 0.3 is 0 Å². The first-order chi connectivity index (χ1) is 16.0. The number of anilines is 1. The third-order valence-electron chi connectivity index (χ3n) is 7.61. The number of ether oxygens (including phenoxy) is 1. The summed E-state index contributed by atoms with van der Waals surface area (Å²) >= 11 is 0. The Bertz CT molecular complexity index is 1120. The van der Waals surface area contributed by atoms with E-state index >= 15 is 0 Å². The van der Waals surface area contributed by atoms with Gasteiger partial charge in [-0.2, -0.15) is 0 Å². The zero-order valence-corrected chi connectivity index (χ0v) is 20.3. The summed E-state index contributed by atoms with van der Waals surface area (Å²) in [6, 6.07) is 8.71. The highest BCUT2D eigenvalue weighted by Crippen LogP contribution is 2.39. The van der Waals surface area contributed by atoms with Crippen LogP contribution in [-0.4, -0.2) is 52.3 Å². The number of rotatable bonds is 5. The highest BCUT2D eigenvalue weighted by molar-refractivity contribution is 5.76. The molecule has 2 aromatic heterocycles. The standard InChI is InChI=1S/C27H37N5O/c1-18-14-19(2)29-27-26(18)30-20(3)32(27)17-22-6-9-25(28)24(15-22)23-7-4-21(5-8-23)16-31-10-12-33-13-11-31/h6,9,14-15,21,23H,4-5,7-8,10-13,16-17,28H2,1-3H3. The molecular formula is C27H37N5O. The number of aryl methyl sites for hydroxylation is 3. The van der Waals surface area contributed by atoms with Gasteiger partial charge < -0.3 is 15.0 Å². The topological polar surface area (TPSA) is 69.2 Å². The molecule has 2 N–H and O–H groups in total. The van der Waals surface area contributed by atoms with Crippen LogP contribution in [0.4, 0.5) is 5.69 Å². The van der Waals surface area contributed by atoms with Gasteiger partial charge in [0.1, 0.15) is 11.3 Å². The Hall–Kier alpha value is -2.44. The number of imidazole rings is 1. The number of nitrogens with two attached hydrogens (primary N) is 1. The second-order valence-corrected chi connectivity index (χ2v) is 10.1. The molecule has 1 saturated heterocycles. The van der Waals surface area contributed by atoms with Crippen molar-refractivity contribution in [2.75, 3.05) is 38.6 Å². The Labute approximate surface area is 197 Å². The molecule has 0 radical (unpaired) electrons. The van der Waals surface area contributed by atoms with Crippen molar-refractivity contribution in [1.82, 2.24) is 19.4 Å². The summed E-state index contributed by atoms with van der Waals surface area (Å²) in [6.07, 6.45) is 5.05. The highest BCUT2D eigenvalue weighted by Gasteiger charge is 2.26. The minimum Gasteiger partial charge on any atom is -0.398 e. The summed E-state index contributed by atoms with van der Waals surface area (Å²) < 4.78 is 7.74. The Morgan fingerprint density at radius 2 is 1.76 bits per heavy atom. The van der Waals surface area contributed by atoms with E-state index in [-0.39, 0.29) is 0 Å². The fourth-order valence-electron chi connectivity index (χ4n) is 5.77. The van der Waals surface area contributed by atoms with E-state index in [1.807, 2.05) is 0 Å². The molecule has 3 aromatic rings. The van der Waals surface area contributed by atoms with Crippen LogP contribution in [-0.2, 0) is 11.3 Å². The minimum atomic E-state index is 0.564. The van der Waals surface area contributed by atoms with Crippen molar-refractivity contribution in [3.8, 4) is 0 Å². The van der Waals surface area contributed by atoms with Crippen LogP contribution in [0.15, 0.2) is 24.3 Å². The van der Waals surface area contributed by atoms with E-state index in [4.69, 9.17) is 20.4 Å². The Kier molecular flexibility index (Phi) is 6.39. The minimum absolute atomic E-state index is 0.564. The van der Waals surface area contributed by atoms with Crippen molar-refractivity contribution in [1.29, 1.82) is 0 Å². The lowest BCUT2D eigenvalue weighted by Crippen LogP contribution is -2.40. The number of hydrogen-bond acceptors (Lipinski definition) is 5. The number of benzene rings is 1. The lowest BCUT2D eigenvalue weighted by atomic mass is 9.77. The quantitative estimate of drug-likeness (QED) is 0.579. The maximum absolute atomic E-state index is 6.48. The average Bonchev–Trinajstić information content (AvgIpc) is 3.12. The van der Waals surface area contributed by atoms with E-state index in [0.29, 0.717) is 5.92 Å². The van der Waals surface area contributed by atoms with Gasteiger partial charge in [0.15, 0.2) is 5.65 Å². The molecule has 0 unspecified atom stereocenters. The van der Waals surface area contributed by atoms with Gasteiger partial charge in [-0.15, -0.1) is 0 Å². The molecule has 1 aliphatic carbocycles. The van der Waals surface area contributed by atoms with Crippen LogP contribution >= 0.6 is 0 Å². The zero-order valence-electron chi connectivity index (χ0n) is 20.3. The summed E-state index contributed by atoms with van der Waals surface area (Å²) in [6.45, 7) is 12.2. The molecule has 1 aromatic carbocycles. The summed E-state index contributed by atoms with van der Waals surface area (Å²) in [5.41, 5.74) is 14.2. The van der Waals surface area contributed by atoms with Crippen LogP contribution in [0.1, 0.15) is 59.8 Å². The molecule has 6 nitrogen and oxygen atoms in total. The third-order valence-corrected chi connectivity index (χ3v) is 7.61. The summed E-state index contributed by atoms with van der Waals surface area (Å²) in [5.74, 6) is 2.38. The number of morpholine rings is 1. The normalized spacial score (nSPS) is 22.2. The fourth-order valence-corrected chi connectivity index (χ4v) is 5.77. The van der Waals surface area contributed by atoms with Crippen molar-refractivity contribution >= 4 is 16.9 Å². The van der Waals surface area contributed by atoms with Crippen molar-refractivity contribution in [2.45, 2.75) is 58.9 Å². The van der Waals surface area contributed by atoms with E-state index in [2.05, 4.69) is 54.5 Å². The summed E-state index contributed by atoms with van der Waals surface area (Å²) in [5, 5.41) is 0. The SMILES string of the molecule is Cc1cc(C)c2nc(C)n(Cc3ccc(N)c(C4CCC(CN5CCOCC5)CC4)c3)c2n1. The predicted molar refractivity (Wildman–Crippen MR) is 134 cm³/mol. The summed E-state index contributed by atoms with van der Waals surface area (Å²) in [7, 11) is 0. The first-order valence-corrected chi connectivity index (χ1v) is 12.5. The van der Waals surface area contributed by atoms with Gasteiger partial charge in [0, 0.05) is 31.0 Å². The lowest BCUT2D eigenvalue weighted by Gasteiger charge is -2.34. The molecule has 0 amide bonds. The molecular weight excluding hydrogens is 410 g/mol. The fraction of sp³-hybridized carbons (Fsp3) is 0.556. The highest BCUT2D eigenvalue weighted by atomic mass is 16.5. The maximum Gasteiger partial charge on any atom is 0.160 e. The number of fused-ring (bicyclic) bond motifs is 1. The number of nitrogens with zero attached hydrogens (tertiary/aromatic N) is 4. The van der Waals surface area contributed by atoms with Crippen LogP contribution < -0.4 is 5.73 Å². The molecule has 5 rings (SSSR count). The molecule has 1 saturated carbocycles. The molecule has 6 heteroatoms. The van der Waals surface area contributed by atoms with Gasteiger partial charge in [-0.05, 0) is 87.1 Å². The van der Waals surface area contributed by atoms with E-state index < -0.39 is 0 Å².